The fraction of sp³-hybridized carbons (Fsp3) is 0.889. The Balaban J connectivity index is 2.12. The first kappa shape index (κ1) is 8.05. The van der Waals surface area contributed by atoms with Gasteiger partial charge >= 0.3 is 0 Å². The van der Waals surface area contributed by atoms with Crippen LogP contribution in [0, 0.1) is 5.92 Å². The van der Waals surface area contributed by atoms with Gasteiger partial charge < -0.3 is 10.4 Å². The SMILES string of the molecule is O=C1CC[C@@H]2CCCC[C@]2(O)N1. The van der Waals surface area contributed by atoms with Gasteiger partial charge in [-0.05, 0) is 25.7 Å². The third-order valence-corrected chi connectivity index (χ3v) is 3.11. The molecule has 1 saturated heterocycles. The highest BCUT2D eigenvalue weighted by Gasteiger charge is 2.42. The summed E-state index contributed by atoms with van der Waals surface area (Å²) in [4.78, 5) is 11.1. The first-order valence-corrected chi connectivity index (χ1v) is 4.74. The van der Waals surface area contributed by atoms with E-state index in [9.17, 15) is 9.90 Å². The van der Waals surface area contributed by atoms with E-state index in [0.717, 1.165) is 25.7 Å². The van der Waals surface area contributed by atoms with E-state index >= 15 is 0 Å². The lowest BCUT2D eigenvalue weighted by atomic mass is 9.76. The molecule has 0 aromatic heterocycles. The van der Waals surface area contributed by atoms with Gasteiger partial charge in [0, 0.05) is 12.3 Å². The molecular weight excluding hydrogens is 154 g/mol. The quantitative estimate of drug-likeness (QED) is 0.563. The Kier molecular flexibility index (Phi) is 1.83. The van der Waals surface area contributed by atoms with Crippen LogP contribution in [0.25, 0.3) is 0 Å². The number of amides is 1. The van der Waals surface area contributed by atoms with Crippen molar-refractivity contribution in [1.29, 1.82) is 0 Å². The van der Waals surface area contributed by atoms with Gasteiger partial charge in [0.05, 0.1) is 0 Å². The number of nitrogens with one attached hydrogen (secondary N) is 1. The van der Waals surface area contributed by atoms with E-state index in [2.05, 4.69) is 5.32 Å². The fourth-order valence-corrected chi connectivity index (χ4v) is 2.39. The van der Waals surface area contributed by atoms with Crippen LogP contribution in [0.4, 0.5) is 0 Å². The van der Waals surface area contributed by atoms with Crippen LogP contribution in [0.5, 0.6) is 0 Å². The topological polar surface area (TPSA) is 49.3 Å². The monoisotopic (exact) mass is 169 g/mol. The van der Waals surface area contributed by atoms with Gasteiger partial charge in [-0.25, -0.2) is 0 Å². The fourth-order valence-electron chi connectivity index (χ4n) is 2.39. The molecule has 1 heterocycles. The van der Waals surface area contributed by atoms with Gasteiger partial charge in [-0.3, -0.25) is 4.79 Å². The molecule has 68 valence electrons. The number of piperidine rings is 1. The van der Waals surface area contributed by atoms with E-state index in [1.54, 1.807) is 0 Å². The minimum absolute atomic E-state index is 0.00986. The zero-order chi connectivity index (χ0) is 8.60. The molecule has 1 amide bonds. The van der Waals surface area contributed by atoms with Gasteiger partial charge in [0.1, 0.15) is 5.72 Å². The maximum absolute atomic E-state index is 11.1. The highest BCUT2D eigenvalue weighted by Crippen LogP contribution is 2.37. The summed E-state index contributed by atoms with van der Waals surface area (Å²) in [5.41, 5.74) is -0.854. The van der Waals surface area contributed by atoms with E-state index < -0.39 is 5.72 Å². The summed E-state index contributed by atoms with van der Waals surface area (Å²) in [7, 11) is 0. The Morgan fingerprint density at radius 2 is 2.25 bits per heavy atom. The Bertz CT molecular complexity index is 205. The maximum Gasteiger partial charge on any atom is 0.222 e. The van der Waals surface area contributed by atoms with Crippen molar-refractivity contribution in [2.24, 2.45) is 5.92 Å². The molecule has 2 atom stereocenters. The second-order valence-corrected chi connectivity index (χ2v) is 3.95. The lowest BCUT2D eigenvalue weighted by Gasteiger charge is -2.43. The molecular formula is C9H15NO2. The first-order valence-electron chi connectivity index (χ1n) is 4.74. The Hall–Kier alpha value is -0.570. The molecule has 2 N–H and O–H groups in total. The van der Waals surface area contributed by atoms with Crippen LogP contribution in [0.3, 0.4) is 0 Å². The molecule has 1 aliphatic heterocycles. The van der Waals surface area contributed by atoms with Crippen LogP contribution in [-0.2, 0) is 4.79 Å². The van der Waals surface area contributed by atoms with Crippen molar-refractivity contribution in [1.82, 2.24) is 5.32 Å². The smallest absolute Gasteiger partial charge is 0.222 e. The van der Waals surface area contributed by atoms with Gasteiger partial charge in [-0.15, -0.1) is 0 Å². The van der Waals surface area contributed by atoms with Crippen molar-refractivity contribution in [3.05, 3.63) is 0 Å². The number of carbonyl (C=O) groups is 1. The van der Waals surface area contributed by atoms with Crippen LogP contribution in [0.2, 0.25) is 0 Å². The van der Waals surface area contributed by atoms with E-state index in [-0.39, 0.29) is 5.91 Å². The molecule has 0 aromatic rings. The van der Waals surface area contributed by atoms with E-state index in [0.29, 0.717) is 12.3 Å². The van der Waals surface area contributed by atoms with Crippen LogP contribution in [-0.4, -0.2) is 16.7 Å². The van der Waals surface area contributed by atoms with Crippen molar-refractivity contribution < 1.29 is 9.90 Å². The average molecular weight is 169 g/mol. The summed E-state index contributed by atoms with van der Waals surface area (Å²) < 4.78 is 0. The van der Waals surface area contributed by atoms with E-state index in [1.165, 1.54) is 6.42 Å². The minimum Gasteiger partial charge on any atom is -0.371 e. The summed E-state index contributed by atoms with van der Waals surface area (Å²) in [5.74, 6) is 0.319. The van der Waals surface area contributed by atoms with E-state index in [1.807, 2.05) is 0 Å². The summed E-state index contributed by atoms with van der Waals surface area (Å²) >= 11 is 0. The molecule has 2 aliphatic rings. The molecule has 3 nitrogen and oxygen atoms in total. The van der Waals surface area contributed by atoms with Crippen molar-refractivity contribution >= 4 is 5.91 Å². The molecule has 0 radical (unpaired) electrons. The lowest BCUT2D eigenvalue weighted by Crippen LogP contribution is -2.58. The predicted molar refractivity (Wildman–Crippen MR) is 44.3 cm³/mol. The number of hydrogen-bond donors (Lipinski definition) is 2. The van der Waals surface area contributed by atoms with Crippen molar-refractivity contribution in [3.8, 4) is 0 Å². The number of fused-ring (bicyclic) bond motifs is 1. The molecule has 3 heteroatoms. The van der Waals surface area contributed by atoms with Gasteiger partial charge in [0.2, 0.25) is 5.91 Å². The number of rotatable bonds is 0. The van der Waals surface area contributed by atoms with Gasteiger partial charge in [-0.2, -0.15) is 0 Å². The second-order valence-electron chi connectivity index (χ2n) is 3.95. The third-order valence-electron chi connectivity index (χ3n) is 3.11. The van der Waals surface area contributed by atoms with Crippen LogP contribution in [0.1, 0.15) is 38.5 Å². The Labute approximate surface area is 72.2 Å². The highest BCUT2D eigenvalue weighted by atomic mass is 16.3. The maximum atomic E-state index is 11.1. The number of carbonyl (C=O) groups excluding carboxylic acids is 1. The molecule has 1 aliphatic carbocycles. The molecule has 2 fully saturated rings. The standard InChI is InChI=1S/C9H15NO2/c11-8-5-4-7-3-1-2-6-9(7,12)10-8/h7,12H,1-6H2,(H,10,11)/t7-,9+/m0/s1. The number of aliphatic hydroxyl groups is 1. The Morgan fingerprint density at radius 1 is 1.42 bits per heavy atom. The summed E-state index contributed by atoms with van der Waals surface area (Å²) in [6.45, 7) is 0. The molecule has 12 heavy (non-hydrogen) atoms. The summed E-state index contributed by atoms with van der Waals surface area (Å²) in [5, 5.41) is 12.7. The minimum atomic E-state index is -0.854. The largest absolute Gasteiger partial charge is 0.371 e. The molecule has 1 saturated carbocycles. The molecule has 0 aromatic carbocycles. The zero-order valence-corrected chi connectivity index (χ0v) is 7.18. The van der Waals surface area contributed by atoms with Crippen molar-refractivity contribution in [3.63, 3.8) is 0 Å². The normalized spacial score (nSPS) is 41.8. The molecule has 2 rings (SSSR count). The van der Waals surface area contributed by atoms with Crippen LogP contribution >= 0.6 is 0 Å². The number of hydrogen-bond acceptors (Lipinski definition) is 2. The van der Waals surface area contributed by atoms with Gasteiger partial charge in [-0.1, -0.05) is 6.42 Å². The molecule has 0 spiro atoms. The molecule has 0 bridgehead atoms. The van der Waals surface area contributed by atoms with Crippen LogP contribution in [0.15, 0.2) is 0 Å². The lowest BCUT2D eigenvalue weighted by molar-refractivity contribution is -0.146. The van der Waals surface area contributed by atoms with Gasteiger partial charge in [0.25, 0.3) is 0 Å². The van der Waals surface area contributed by atoms with Crippen molar-refractivity contribution in [2.75, 3.05) is 0 Å². The highest BCUT2D eigenvalue weighted by molar-refractivity contribution is 5.77. The van der Waals surface area contributed by atoms with Crippen molar-refractivity contribution in [2.45, 2.75) is 44.2 Å². The second kappa shape index (κ2) is 2.73. The van der Waals surface area contributed by atoms with E-state index in [4.69, 9.17) is 0 Å². The Morgan fingerprint density at radius 3 is 3.08 bits per heavy atom. The zero-order valence-electron chi connectivity index (χ0n) is 7.18. The summed E-state index contributed by atoms with van der Waals surface area (Å²) in [6, 6.07) is 0. The third kappa shape index (κ3) is 1.22. The average Bonchev–Trinajstić information content (AvgIpc) is 2.02. The van der Waals surface area contributed by atoms with Crippen LogP contribution < -0.4 is 5.32 Å². The predicted octanol–water partition coefficient (Wildman–Crippen LogP) is 0.775. The first-order chi connectivity index (χ1) is 5.71. The summed E-state index contributed by atoms with van der Waals surface area (Å²) in [6.07, 6.45) is 5.49. The molecule has 0 unspecified atom stereocenters. The van der Waals surface area contributed by atoms with Gasteiger partial charge in [0.15, 0.2) is 0 Å².